The normalized spacial score (nSPS) is 11.0. The van der Waals surface area contributed by atoms with Gasteiger partial charge in [0.2, 0.25) is 0 Å². The molecule has 2 aromatic heterocycles. The van der Waals surface area contributed by atoms with Gasteiger partial charge in [-0.1, -0.05) is 29.3 Å². The third-order valence-corrected chi connectivity index (χ3v) is 3.86. The van der Waals surface area contributed by atoms with Crippen molar-refractivity contribution in [1.29, 1.82) is 0 Å². The standard InChI is InChI=1S/C14H12Cl2N4O/c1-8-9(2)14-18-17-12(20(14)19-13(8)16)7-21-11-5-3-4-10(15)6-11/h3-6H,7H2,1-2H3. The van der Waals surface area contributed by atoms with Crippen molar-refractivity contribution in [1.82, 2.24) is 19.8 Å². The maximum atomic E-state index is 6.11. The molecule has 0 aliphatic heterocycles. The summed E-state index contributed by atoms with van der Waals surface area (Å²) in [6.45, 7) is 4.07. The highest BCUT2D eigenvalue weighted by Crippen LogP contribution is 2.21. The molecule has 0 fully saturated rings. The van der Waals surface area contributed by atoms with Crippen molar-refractivity contribution in [2.24, 2.45) is 0 Å². The maximum absolute atomic E-state index is 6.11. The molecule has 0 saturated heterocycles. The van der Waals surface area contributed by atoms with Crippen LogP contribution in [0.25, 0.3) is 5.65 Å². The molecule has 3 rings (SSSR count). The van der Waals surface area contributed by atoms with Crippen molar-refractivity contribution in [2.45, 2.75) is 20.5 Å². The molecule has 0 saturated carbocycles. The predicted molar refractivity (Wildman–Crippen MR) is 81.1 cm³/mol. The number of halogens is 2. The van der Waals surface area contributed by atoms with Crippen LogP contribution in [0.1, 0.15) is 17.0 Å². The van der Waals surface area contributed by atoms with Crippen LogP contribution in [0.2, 0.25) is 10.2 Å². The van der Waals surface area contributed by atoms with Gasteiger partial charge in [0.15, 0.2) is 16.6 Å². The van der Waals surface area contributed by atoms with E-state index in [1.807, 2.05) is 26.0 Å². The van der Waals surface area contributed by atoms with Gasteiger partial charge in [0.25, 0.3) is 0 Å². The van der Waals surface area contributed by atoms with E-state index in [1.165, 1.54) is 0 Å². The SMILES string of the molecule is Cc1c(Cl)nn2c(COc3cccc(Cl)c3)nnc2c1C. The predicted octanol–water partition coefficient (Wildman–Crippen LogP) is 3.63. The second-order valence-electron chi connectivity index (χ2n) is 4.64. The smallest absolute Gasteiger partial charge is 0.192 e. The van der Waals surface area contributed by atoms with Crippen LogP contribution >= 0.6 is 23.2 Å². The Bertz CT molecular complexity index is 816. The van der Waals surface area contributed by atoms with Crippen molar-refractivity contribution in [2.75, 3.05) is 0 Å². The zero-order chi connectivity index (χ0) is 15.0. The Morgan fingerprint density at radius 2 is 1.95 bits per heavy atom. The van der Waals surface area contributed by atoms with E-state index in [1.54, 1.807) is 16.6 Å². The van der Waals surface area contributed by atoms with E-state index in [2.05, 4.69) is 15.3 Å². The summed E-state index contributed by atoms with van der Waals surface area (Å²) in [6, 6.07) is 7.17. The summed E-state index contributed by atoms with van der Waals surface area (Å²) >= 11 is 12.0. The first-order valence-electron chi connectivity index (χ1n) is 6.31. The fraction of sp³-hybridized carbons (Fsp3) is 0.214. The zero-order valence-corrected chi connectivity index (χ0v) is 13.0. The van der Waals surface area contributed by atoms with Crippen LogP contribution in [0.5, 0.6) is 5.75 Å². The molecular formula is C14H12Cl2N4O. The molecule has 7 heteroatoms. The summed E-state index contributed by atoms with van der Waals surface area (Å²) in [6.07, 6.45) is 0. The quantitative estimate of drug-likeness (QED) is 0.739. The van der Waals surface area contributed by atoms with E-state index >= 15 is 0 Å². The van der Waals surface area contributed by atoms with Gasteiger partial charge in [0, 0.05) is 10.6 Å². The van der Waals surface area contributed by atoms with E-state index in [9.17, 15) is 0 Å². The van der Waals surface area contributed by atoms with Crippen LogP contribution in [-0.2, 0) is 6.61 Å². The lowest BCUT2D eigenvalue weighted by Crippen LogP contribution is -2.05. The summed E-state index contributed by atoms with van der Waals surface area (Å²) in [5, 5.41) is 13.6. The highest BCUT2D eigenvalue weighted by Gasteiger charge is 2.13. The molecule has 0 bridgehead atoms. The molecule has 1 aromatic carbocycles. The van der Waals surface area contributed by atoms with Crippen LogP contribution < -0.4 is 4.74 Å². The second kappa shape index (κ2) is 5.50. The van der Waals surface area contributed by atoms with Crippen LogP contribution in [0.15, 0.2) is 24.3 Å². The van der Waals surface area contributed by atoms with E-state index in [4.69, 9.17) is 27.9 Å². The molecule has 2 heterocycles. The minimum atomic E-state index is 0.230. The lowest BCUT2D eigenvalue weighted by atomic mass is 10.2. The number of rotatable bonds is 3. The number of ether oxygens (including phenoxy) is 1. The number of benzene rings is 1. The minimum absolute atomic E-state index is 0.230. The van der Waals surface area contributed by atoms with Crippen molar-refractivity contribution < 1.29 is 4.74 Å². The van der Waals surface area contributed by atoms with Gasteiger partial charge in [-0.15, -0.1) is 10.2 Å². The van der Waals surface area contributed by atoms with Crippen LogP contribution in [0.3, 0.4) is 0 Å². The maximum Gasteiger partial charge on any atom is 0.192 e. The summed E-state index contributed by atoms with van der Waals surface area (Å²) in [4.78, 5) is 0. The summed E-state index contributed by atoms with van der Waals surface area (Å²) < 4.78 is 7.26. The summed E-state index contributed by atoms with van der Waals surface area (Å²) in [5.41, 5.74) is 2.54. The van der Waals surface area contributed by atoms with Crippen LogP contribution in [0, 0.1) is 13.8 Å². The topological polar surface area (TPSA) is 52.3 Å². The molecule has 0 spiro atoms. The second-order valence-corrected chi connectivity index (χ2v) is 5.43. The molecule has 0 aliphatic carbocycles. The minimum Gasteiger partial charge on any atom is -0.485 e. The van der Waals surface area contributed by atoms with Crippen molar-refractivity contribution in [3.8, 4) is 5.75 Å². The Morgan fingerprint density at radius 3 is 2.71 bits per heavy atom. The number of aromatic nitrogens is 4. The van der Waals surface area contributed by atoms with E-state index in [0.717, 1.165) is 11.1 Å². The Balaban J connectivity index is 1.91. The average Bonchev–Trinajstić information content (AvgIpc) is 2.86. The molecule has 5 nitrogen and oxygen atoms in total. The largest absolute Gasteiger partial charge is 0.485 e. The van der Waals surface area contributed by atoms with Crippen LogP contribution in [0.4, 0.5) is 0 Å². The highest BCUT2D eigenvalue weighted by atomic mass is 35.5. The Labute approximate surface area is 131 Å². The fourth-order valence-electron chi connectivity index (χ4n) is 1.93. The molecule has 108 valence electrons. The third kappa shape index (κ3) is 2.66. The number of nitrogens with zero attached hydrogens (tertiary/aromatic N) is 4. The van der Waals surface area contributed by atoms with Crippen LogP contribution in [-0.4, -0.2) is 19.8 Å². The number of hydrogen-bond donors (Lipinski definition) is 0. The molecule has 0 radical (unpaired) electrons. The molecule has 0 unspecified atom stereocenters. The molecule has 0 aliphatic rings. The highest BCUT2D eigenvalue weighted by molar-refractivity contribution is 6.30. The van der Waals surface area contributed by atoms with E-state index in [-0.39, 0.29) is 6.61 Å². The summed E-state index contributed by atoms with van der Waals surface area (Å²) in [7, 11) is 0. The lowest BCUT2D eigenvalue weighted by Gasteiger charge is -2.07. The van der Waals surface area contributed by atoms with E-state index in [0.29, 0.717) is 27.4 Å². The Morgan fingerprint density at radius 1 is 1.14 bits per heavy atom. The van der Waals surface area contributed by atoms with Crippen molar-refractivity contribution in [3.05, 3.63) is 51.4 Å². The van der Waals surface area contributed by atoms with E-state index < -0.39 is 0 Å². The number of aryl methyl sites for hydroxylation is 1. The third-order valence-electron chi connectivity index (χ3n) is 3.26. The fourth-order valence-corrected chi connectivity index (χ4v) is 2.33. The number of hydrogen-bond acceptors (Lipinski definition) is 4. The van der Waals surface area contributed by atoms with Gasteiger partial charge in [-0.3, -0.25) is 0 Å². The first-order valence-corrected chi connectivity index (χ1v) is 7.07. The van der Waals surface area contributed by atoms with Crippen molar-refractivity contribution in [3.63, 3.8) is 0 Å². The average molecular weight is 323 g/mol. The Hall–Kier alpha value is -1.85. The molecule has 0 atom stereocenters. The monoisotopic (exact) mass is 322 g/mol. The van der Waals surface area contributed by atoms with Gasteiger partial charge in [-0.25, -0.2) is 0 Å². The first-order chi connectivity index (χ1) is 10.1. The summed E-state index contributed by atoms with van der Waals surface area (Å²) in [5.74, 6) is 1.24. The van der Waals surface area contributed by atoms with Gasteiger partial charge >= 0.3 is 0 Å². The molecule has 0 amide bonds. The number of fused-ring (bicyclic) bond motifs is 1. The van der Waals surface area contributed by atoms with Gasteiger partial charge in [0.1, 0.15) is 12.4 Å². The molecular weight excluding hydrogens is 311 g/mol. The molecule has 3 aromatic rings. The van der Waals surface area contributed by atoms with Gasteiger partial charge in [-0.05, 0) is 37.6 Å². The zero-order valence-electron chi connectivity index (χ0n) is 11.5. The lowest BCUT2D eigenvalue weighted by molar-refractivity contribution is 0.292. The first kappa shape index (κ1) is 14.1. The molecule has 0 N–H and O–H groups in total. The van der Waals surface area contributed by atoms with Gasteiger partial charge < -0.3 is 4.74 Å². The van der Waals surface area contributed by atoms with Gasteiger partial charge in [0.05, 0.1) is 0 Å². The molecule has 21 heavy (non-hydrogen) atoms. The Kier molecular flexibility index (Phi) is 3.69. The van der Waals surface area contributed by atoms with Crippen molar-refractivity contribution >= 4 is 28.8 Å². The van der Waals surface area contributed by atoms with Gasteiger partial charge in [-0.2, -0.15) is 9.61 Å².